The molecule has 1 saturated carbocycles. The average molecular weight is 163 g/mol. The molecule has 1 N–H and O–H groups in total. The van der Waals surface area contributed by atoms with Crippen molar-refractivity contribution in [3.63, 3.8) is 0 Å². The standard InChI is InChI=1S/C7H11ClO2/c8-6-4-2-1-3-5(6)7(9)10/h5-6H,1-4H2,(H,9,10)/t5-,6+/m1/s1. The Bertz CT molecular complexity index is 136. The lowest BCUT2D eigenvalue weighted by Gasteiger charge is -2.22. The SMILES string of the molecule is O=C(O)[C@@H]1CCCC[C@@H]1Cl. The number of carboxylic acid groups (broad SMARTS) is 1. The molecule has 1 rings (SSSR count). The van der Waals surface area contributed by atoms with Gasteiger partial charge in [-0.25, -0.2) is 0 Å². The van der Waals surface area contributed by atoms with Gasteiger partial charge in [-0.3, -0.25) is 4.79 Å². The number of halogens is 1. The van der Waals surface area contributed by atoms with Crippen LogP contribution in [0.1, 0.15) is 25.7 Å². The molecular formula is C7H11ClO2. The summed E-state index contributed by atoms with van der Waals surface area (Å²) in [5.74, 6) is -1.03. The molecule has 0 spiro atoms. The van der Waals surface area contributed by atoms with Crippen LogP contribution in [0.15, 0.2) is 0 Å². The summed E-state index contributed by atoms with van der Waals surface area (Å²) in [6.45, 7) is 0. The number of carbonyl (C=O) groups is 1. The van der Waals surface area contributed by atoms with Crippen molar-refractivity contribution in [2.24, 2.45) is 5.92 Å². The molecule has 1 fully saturated rings. The Balaban J connectivity index is 2.47. The van der Waals surface area contributed by atoms with E-state index < -0.39 is 5.97 Å². The second kappa shape index (κ2) is 3.24. The van der Waals surface area contributed by atoms with Gasteiger partial charge in [0.1, 0.15) is 0 Å². The number of hydrogen-bond donors (Lipinski definition) is 1. The first kappa shape index (κ1) is 7.86. The number of rotatable bonds is 1. The zero-order chi connectivity index (χ0) is 7.56. The summed E-state index contributed by atoms with van der Waals surface area (Å²) >= 11 is 5.80. The first-order valence-electron chi connectivity index (χ1n) is 3.58. The highest BCUT2D eigenvalue weighted by Crippen LogP contribution is 2.28. The van der Waals surface area contributed by atoms with Gasteiger partial charge >= 0.3 is 5.97 Å². The Morgan fingerprint density at radius 2 is 2.00 bits per heavy atom. The van der Waals surface area contributed by atoms with Crippen LogP contribution in [-0.4, -0.2) is 16.5 Å². The van der Waals surface area contributed by atoms with E-state index in [2.05, 4.69) is 0 Å². The Morgan fingerprint density at radius 1 is 1.40 bits per heavy atom. The van der Waals surface area contributed by atoms with Gasteiger partial charge in [-0.2, -0.15) is 0 Å². The third-order valence-electron chi connectivity index (χ3n) is 2.00. The lowest BCUT2D eigenvalue weighted by molar-refractivity contribution is -0.142. The van der Waals surface area contributed by atoms with Crippen molar-refractivity contribution in [1.82, 2.24) is 0 Å². The van der Waals surface area contributed by atoms with Crippen LogP contribution < -0.4 is 0 Å². The molecule has 1 aliphatic rings. The Labute approximate surface area is 65.2 Å². The maximum Gasteiger partial charge on any atom is 0.307 e. The summed E-state index contributed by atoms with van der Waals surface area (Å²) in [5, 5.41) is 8.49. The van der Waals surface area contributed by atoms with Crippen molar-refractivity contribution in [2.75, 3.05) is 0 Å². The van der Waals surface area contributed by atoms with Crippen LogP contribution in [0.25, 0.3) is 0 Å². The molecule has 0 aliphatic heterocycles. The normalized spacial score (nSPS) is 33.7. The molecule has 0 radical (unpaired) electrons. The molecule has 0 bridgehead atoms. The van der Waals surface area contributed by atoms with Crippen LogP contribution in [0.2, 0.25) is 0 Å². The van der Waals surface area contributed by atoms with Crippen LogP contribution in [0, 0.1) is 5.92 Å². The van der Waals surface area contributed by atoms with Gasteiger partial charge in [-0.1, -0.05) is 12.8 Å². The highest BCUT2D eigenvalue weighted by atomic mass is 35.5. The number of carboxylic acids is 1. The van der Waals surface area contributed by atoms with Crippen molar-refractivity contribution in [2.45, 2.75) is 31.1 Å². The number of alkyl halides is 1. The summed E-state index contributed by atoms with van der Waals surface area (Å²) < 4.78 is 0. The van der Waals surface area contributed by atoms with Crippen molar-refractivity contribution in [3.8, 4) is 0 Å². The molecule has 0 unspecified atom stereocenters. The number of hydrogen-bond acceptors (Lipinski definition) is 1. The minimum absolute atomic E-state index is 0.133. The minimum atomic E-state index is -0.736. The number of aliphatic carboxylic acids is 1. The minimum Gasteiger partial charge on any atom is -0.481 e. The second-order valence-electron chi connectivity index (χ2n) is 2.75. The van der Waals surface area contributed by atoms with Gasteiger partial charge in [0.2, 0.25) is 0 Å². The fourth-order valence-electron chi connectivity index (χ4n) is 1.36. The largest absolute Gasteiger partial charge is 0.481 e. The van der Waals surface area contributed by atoms with E-state index in [9.17, 15) is 4.79 Å². The van der Waals surface area contributed by atoms with Gasteiger partial charge in [-0.15, -0.1) is 11.6 Å². The van der Waals surface area contributed by atoms with Crippen LogP contribution in [0.5, 0.6) is 0 Å². The summed E-state index contributed by atoms with van der Waals surface area (Å²) in [7, 11) is 0. The van der Waals surface area contributed by atoms with Crippen molar-refractivity contribution < 1.29 is 9.90 Å². The summed E-state index contributed by atoms with van der Waals surface area (Å²) in [6, 6.07) is 0. The lowest BCUT2D eigenvalue weighted by Crippen LogP contribution is -2.27. The molecule has 0 aromatic heterocycles. The maximum absolute atomic E-state index is 10.5. The summed E-state index contributed by atoms with van der Waals surface area (Å²) in [5.41, 5.74) is 0. The van der Waals surface area contributed by atoms with E-state index in [0.717, 1.165) is 25.7 Å². The highest BCUT2D eigenvalue weighted by molar-refractivity contribution is 6.22. The Kier molecular flexibility index (Phi) is 2.55. The fraction of sp³-hybridized carbons (Fsp3) is 0.857. The van der Waals surface area contributed by atoms with Crippen molar-refractivity contribution in [3.05, 3.63) is 0 Å². The third kappa shape index (κ3) is 1.63. The average Bonchev–Trinajstić information content (AvgIpc) is 1.88. The first-order chi connectivity index (χ1) is 4.72. The zero-order valence-corrected chi connectivity index (χ0v) is 6.47. The summed E-state index contributed by atoms with van der Waals surface area (Å²) in [4.78, 5) is 10.5. The zero-order valence-electron chi connectivity index (χ0n) is 5.72. The molecule has 10 heavy (non-hydrogen) atoms. The van der Waals surface area contributed by atoms with E-state index in [1.54, 1.807) is 0 Å². The first-order valence-corrected chi connectivity index (χ1v) is 4.02. The third-order valence-corrected chi connectivity index (χ3v) is 2.52. The molecule has 0 heterocycles. The van der Waals surface area contributed by atoms with E-state index in [0.29, 0.717) is 0 Å². The topological polar surface area (TPSA) is 37.3 Å². The molecule has 2 atom stereocenters. The van der Waals surface area contributed by atoms with Gasteiger partial charge in [-0.05, 0) is 12.8 Å². The van der Waals surface area contributed by atoms with E-state index in [-0.39, 0.29) is 11.3 Å². The van der Waals surface area contributed by atoms with E-state index in [1.165, 1.54) is 0 Å². The van der Waals surface area contributed by atoms with Crippen LogP contribution in [0.4, 0.5) is 0 Å². The fourth-order valence-corrected chi connectivity index (χ4v) is 1.75. The molecule has 0 amide bonds. The van der Waals surface area contributed by atoms with Crippen LogP contribution >= 0.6 is 11.6 Å². The molecule has 2 nitrogen and oxygen atoms in total. The highest BCUT2D eigenvalue weighted by Gasteiger charge is 2.28. The lowest BCUT2D eigenvalue weighted by atomic mass is 9.89. The van der Waals surface area contributed by atoms with Crippen molar-refractivity contribution in [1.29, 1.82) is 0 Å². The van der Waals surface area contributed by atoms with E-state index in [4.69, 9.17) is 16.7 Å². The monoisotopic (exact) mass is 162 g/mol. The molecule has 0 saturated heterocycles. The smallest absolute Gasteiger partial charge is 0.307 e. The van der Waals surface area contributed by atoms with Crippen LogP contribution in [0.3, 0.4) is 0 Å². The molecule has 1 aliphatic carbocycles. The molecule has 58 valence electrons. The van der Waals surface area contributed by atoms with Crippen LogP contribution in [-0.2, 0) is 4.79 Å². The maximum atomic E-state index is 10.5. The Morgan fingerprint density at radius 3 is 2.40 bits per heavy atom. The predicted octanol–water partition coefficient (Wildman–Crippen LogP) is 1.87. The van der Waals surface area contributed by atoms with Gasteiger partial charge in [0.15, 0.2) is 0 Å². The van der Waals surface area contributed by atoms with E-state index >= 15 is 0 Å². The van der Waals surface area contributed by atoms with Gasteiger partial charge in [0.05, 0.1) is 5.92 Å². The molecular weight excluding hydrogens is 152 g/mol. The van der Waals surface area contributed by atoms with Crippen molar-refractivity contribution >= 4 is 17.6 Å². The predicted molar refractivity (Wildman–Crippen MR) is 39.2 cm³/mol. The van der Waals surface area contributed by atoms with Gasteiger partial charge < -0.3 is 5.11 Å². The second-order valence-corrected chi connectivity index (χ2v) is 3.31. The van der Waals surface area contributed by atoms with Gasteiger partial charge in [0.25, 0.3) is 0 Å². The molecule has 0 aromatic rings. The van der Waals surface area contributed by atoms with Gasteiger partial charge in [0, 0.05) is 5.38 Å². The Hall–Kier alpha value is -0.240. The summed E-state index contributed by atoms with van der Waals surface area (Å²) in [6.07, 6.45) is 3.71. The molecule has 3 heteroatoms. The van der Waals surface area contributed by atoms with E-state index in [1.807, 2.05) is 0 Å². The molecule has 0 aromatic carbocycles. The quantitative estimate of drug-likeness (QED) is 0.598.